The second-order valence-corrected chi connectivity index (χ2v) is 5.61. The molecule has 1 aliphatic rings. The summed E-state index contributed by atoms with van der Waals surface area (Å²) < 4.78 is 5.22. The van der Waals surface area contributed by atoms with Crippen LogP contribution in [0.15, 0.2) is 41.1 Å². The number of hydrogen-bond acceptors (Lipinski definition) is 5. The Morgan fingerprint density at radius 1 is 1.39 bits per heavy atom. The number of anilines is 1. The third kappa shape index (κ3) is 3.41. The molecule has 0 aromatic carbocycles. The molecule has 2 aromatic heterocycles. The number of amides is 1. The summed E-state index contributed by atoms with van der Waals surface area (Å²) in [5, 5.41) is 2.90. The van der Waals surface area contributed by atoms with Crippen molar-refractivity contribution >= 4 is 17.5 Å². The largest absolute Gasteiger partial charge is 0.467 e. The zero-order chi connectivity index (χ0) is 16.2. The molecule has 1 fully saturated rings. The van der Waals surface area contributed by atoms with Gasteiger partial charge < -0.3 is 14.6 Å². The lowest BCUT2D eigenvalue weighted by molar-refractivity contribution is -0.122. The number of carbonyl (C=O) groups is 2. The van der Waals surface area contributed by atoms with Crippen LogP contribution in [0.25, 0.3) is 0 Å². The summed E-state index contributed by atoms with van der Waals surface area (Å²) in [7, 11) is 0. The van der Waals surface area contributed by atoms with Crippen molar-refractivity contribution < 1.29 is 14.0 Å². The molecule has 0 unspecified atom stereocenters. The molecule has 6 nitrogen and oxygen atoms in total. The molecule has 1 N–H and O–H groups in total. The van der Waals surface area contributed by atoms with E-state index in [9.17, 15) is 9.59 Å². The van der Waals surface area contributed by atoms with Gasteiger partial charge in [0.15, 0.2) is 5.78 Å². The van der Waals surface area contributed by atoms with Crippen LogP contribution in [0.3, 0.4) is 0 Å². The number of nitrogens with one attached hydrogen (secondary N) is 1. The van der Waals surface area contributed by atoms with E-state index < -0.39 is 0 Å². The monoisotopic (exact) mass is 313 g/mol. The summed E-state index contributed by atoms with van der Waals surface area (Å²) in [5.74, 6) is 1.41. The van der Waals surface area contributed by atoms with Gasteiger partial charge in [0.05, 0.1) is 12.8 Å². The van der Waals surface area contributed by atoms with Gasteiger partial charge in [-0.05, 0) is 44.0 Å². The lowest BCUT2D eigenvalue weighted by Gasteiger charge is -2.24. The van der Waals surface area contributed by atoms with E-state index in [1.54, 1.807) is 30.7 Å². The van der Waals surface area contributed by atoms with Crippen molar-refractivity contribution in [3.05, 3.63) is 48.0 Å². The van der Waals surface area contributed by atoms with E-state index in [-0.39, 0.29) is 17.7 Å². The van der Waals surface area contributed by atoms with Gasteiger partial charge >= 0.3 is 0 Å². The van der Waals surface area contributed by atoms with Crippen molar-refractivity contribution in [3.8, 4) is 0 Å². The molecular weight excluding hydrogens is 294 g/mol. The minimum atomic E-state index is -0.236. The number of Topliss-reactive ketones (excluding diaryl/α,β-unsaturated/α-hetero) is 1. The number of rotatable bonds is 5. The highest BCUT2D eigenvalue weighted by atomic mass is 16.3. The quantitative estimate of drug-likeness (QED) is 0.856. The smallest absolute Gasteiger partial charge is 0.243 e. The van der Waals surface area contributed by atoms with Gasteiger partial charge in [-0.25, -0.2) is 4.98 Å². The first kappa shape index (κ1) is 15.3. The third-order valence-corrected chi connectivity index (χ3v) is 4.02. The van der Waals surface area contributed by atoms with Crippen molar-refractivity contribution in [2.75, 3.05) is 11.4 Å². The predicted molar refractivity (Wildman–Crippen MR) is 85.2 cm³/mol. The third-order valence-electron chi connectivity index (χ3n) is 4.02. The topological polar surface area (TPSA) is 75.4 Å². The molecule has 23 heavy (non-hydrogen) atoms. The molecule has 1 saturated heterocycles. The maximum atomic E-state index is 12.4. The van der Waals surface area contributed by atoms with Gasteiger partial charge in [-0.2, -0.15) is 0 Å². The van der Waals surface area contributed by atoms with Gasteiger partial charge in [0.1, 0.15) is 17.6 Å². The average Bonchev–Trinajstić information content (AvgIpc) is 3.24. The van der Waals surface area contributed by atoms with Crippen LogP contribution in [0.2, 0.25) is 0 Å². The lowest BCUT2D eigenvalue weighted by Crippen LogP contribution is -2.43. The van der Waals surface area contributed by atoms with E-state index in [0.29, 0.717) is 12.1 Å². The van der Waals surface area contributed by atoms with Crippen LogP contribution in [0, 0.1) is 0 Å². The summed E-state index contributed by atoms with van der Waals surface area (Å²) in [4.78, 5) is 30.1. The summed E-state index contributed by atoms with van der Waals surface area (Å²) in [6, 6.07) is 6.94. The Kier molecular flexibility index (Phi) is 4.41. The molecule has 0 saturated carbocycles. The molecule has 0 aliphatic carbocycles. The highest BCUT2D eigenvalue weighted by Gasteiger charge is 2.31. The zero-order valence-electron chi connectivity index (χ0n) is 13.0. The lowest BCUT2D eigenvalue weighted by atomic mass is 10.2. The highest BCUT2D eigenvalue weighted by Crippen LogP contribution is 2.24. The molecule has 3 rings (SSSR count). The Bertz CT molecular complexity index is 680. The number of hydrogen-bond donors (Lipinski definition) is 1. The van der Waals surface area contributed by atoms with Crippen LogP contribution in [0.5, 0.6) is 0 Å². The molecular formula is C17H19N3O3. The average molecular weight is 313 g/mol. The van der Waals surface area contributed by atoms with Crippen molar-refractivity contribution in [1.82, 2.24) is 10.3 Å². The van der Waals surface area contributed by atoms with E-state index in [1.807, 2.05) is 11.0 Å². The second kappa shape index (κ2) is 6.64. The number of pyridine rings is 1. The van der Waals surface area contributed by atoms with Gasteiger partial charge in [-0.15, -0.1) is 0 Å². The van der Waals surface area contributed by atoms with Crippen LogP contribution in [-0.4, -0.2) is 29.3 Å². The maximum Gasteiger partial charge on any atom is 0.243 e. The summed E-state index contributed by atoms with van der Waals surface area (Å²) in [5.41, 5.74) is 0.576. The standard InChI is InChI=1S/C17H19N3O3/c1-12(21)13-6-7-16(18-10-13)20-8-2-5-15(20)17(22)19-11-14-4-3-9-23-14/h3-4,6-7,9-10,15H,2,5,8,11H2,1H3,(H,19,22)/t15-/m1/s1. The molecule has 0 radical (unpaired) electrons. The predicted octanol–water partition coefficient (Wildman–Crippen LogP) is 2.16. The van der Waals surface area contributed by atoms with Crippen LogP contribution >= 0.6 is 0 Å². The van der Waals surface area contributed by atoms with E-state index >= 15 is 0 Å². The number of furan rings is 1. The molecule has 1 aliphatic heterocycles. The fourth-order valence-electron chi connectivity index (χ4n) is 2.78. The first-order valence-electron chi connectivity index (χ1n) is 7.69. The minimum Gasteiger partial charge on any atom is -0.467 e. The molecule has 1 amide bonds. The second-order valence-electron chi connectivity index (χ2n) is 5.61. The fraction of sp³-hybridized carbons (Fsp3) is 0.353. The molecule has 0 bridgehead atoms. The van der Waals surface area contributed by atoms with Crippen LogP contribution < -0.4 is 10.2 Å². The summed E-state index contributed by atoms with van der Waals surface area (Å²) >= 11 is 0. The van der Waals surface area contributed by atoms with Crippen molar-refractivity contribution in [2.45, 2.75) is 32.4 Å². The Labute approximate surface area is 134 Å². The molecule has 2 aromatic rings. The number of nitrogens with zero attached hydrogens (tertiary/aromatic N) is 2. The highest BCUT2D eigenvalue weighted by molar-refractivity contribution is 5.94. The van der Waals surface area contributed by atoms with E-state index in [4.69, 9.17) is 4.42 Å². The van der Waals surface area contributed by atoms with Gasteiger partial charge in [0.25, 0.3) is 0 Å². The summed E-state index contributed by atoms with van der Waals surface area (Å²) in [6.45, 7) is 2.68. The maximum absolute atomic E-state index is 12.4. The zero-order valence-corrected chi connectivity index (χ0v) is 13.0. The van der Waals surface area contributed by atoms with Crippen LogP contribution in [-0.2, 0) is 11.3 Å². The molecule has 120 valence electrons. The molecule has 6 heteroatoms. The van der Waals surface area contributed by atoms with Gasteiger partial charge in [0.2, 0.25) is 5.91 Å². The SMILES string of the molecule is CC(=O)c1ccc(N2CCC[C@@H]2C(=O)NCc2ccco2)nc1. The Morgan fingerprint density at radius 3 is 2.91 bits per heavy atom. The Morgan fingerprint density at radius 2 is 2.26 bits per heavy atom. The van der Waals surface area contributed by atoms with E-state index in [1.165, 1.54) is 6.92 Å². The first-order chi connectivity index (χ1) is 11.1. The van der Waals surface area contributed by atoms with Crippen molar-refractivity contribution in [3.63, 3.8) is 0 Å². The van der Waals surface area contributed by atoms with E-state index in [0.717, 1.165) is 31.0 Å². The molecule has 3 heterocycles. The molecule has 0 spiro atoms. The van der Waals surface area contributed by atoms with Crippen molar-refractivity contribution in [1.29, 1.82) is 0 Å². The number of aromatic nitrogens is 1. The number of carbonyl (C=O) groups excluding carboxylic acids is 2. The molecule has 1 atom stereocenters. The van der Waals surface area contributed by atoms with Crippen LogP contribution in [0.1, 0.15) is 35.9 Å². The fourth-order valence-corrected chi connectivity index (χ4v) is 2.78. The van der Waals surface area contributed by atoms with E-state index in [2.05, 4.69) is 10.3 Å². The number of ketones is 1. The van der Waals surface area contributed by atoms with Gasteiger partial charge in [-0.1, -0.05) is 0 Å². The first-order valence-corrected chi connectivity index (χ1v) is 7.69. The normalized spacial score (nSPS) is 17.3. The van der Waals surface area contributed by atoms with Crippen LogP contribution in [0.4, 0.5) is 5.82 Å². The van der Waals surface area contributed by atoms with Gasteiger partial charge in [-0.3, -0.25) is 9.59 Å². The van der Waals surface area contributed by atoms with Gasteiger partial charge in [0, 0.05) is 18.3 Å². The Balaban J connectivity index is 1.66. The Hall–Kier alpha value is -2.63. The minimum absolute atomic E-state index is 0.0155. The summed E-state index contributed by atoms with van der Waals surface area (Å²) in [6.07, 6.45) is 4.88. The van der Waals surface area contributed by atoms with Crippen molar-refractivity contribution in [2.24, 2.45) is 0 Å².